The number of hydrogen-bond acceptors (Lipinski definition) is 5. The zero-order valence-corrected chi connectivity index (χ0v) is 11.1. The molecule has 0 aliphatic heterocycles. The Hall–Kier alpha value is -2.25. The van der Waals surface area contributed by atoms with Gasteiger partial charge in [0.15, 0.2) is 5.65 Å². The molecule has 0 aromatic carbocycles. The van der Waals surface area contributed by atoms with Crippen molar-refractivity contribution in [3.63, 3.8) is 0 Å². The van der Waals surface area contributed by atoms with E-state index in [9.17, 15) is 0 Å². The molecule has 3 aromatic rings. The van der Waals surface area contributed by atoms with E-state index < -0.39 is 0 Å². The van der Waals surface area contributed by atoms with E-state index in [2.05, 4.69) is 15.2 Å². The molecule has 0 bridgehead atoms. The number of nitrogens with zero attached hydrogens (tertiary/aromatic N) is 5. The summed E-state index contributed by atoms with van der Waals surface area (Å²) in [5.41, 5.74) is 2.60. The minimum absolute atomic E-state index is 0.510. The van der Waals surface area contributed by atoms with Crippen LogP contribution in [0.3, 0.4) is 0 Å². The molecule has 7 nitrogen and oxygen atoms in total. The van der Waals surface area contributed by atoms with Crippen LogP contribution in [0.5, 0.6) is 0 Å². The van der Waals surface area contributed by atoms with Crippen LogP contribution in [0.4, 0.5) is 0 Å². The molecular formula is C13H15N5O2. The van der Waals surface area contributed by atoms with Gasteiger partial charge in [-0.25, -0.2) is 14.2 Å². The van der Waals surface area contributed by atoms with E-state index in [-0.39, 0.29) is 0 Å². The van der Waals surface area contributed by atoms with E-state index >= 15 is 0 Å². The average molecular weight is 273 g/mol. The third kappa shape index (κ3) is 2.54. The Morgan fingerprint density at radius 2 is 2.15 bits per heavy atom. The summed E-state index contributed by atoms with van der Waals surface area (Å²) in [6.45, 7) is 1.67. The SMILES string of the molecule is COCCOCc1cnn(-c2cnn3cccnc23)c1. The molecule has 0 N–H and O–H groups in total. The quantitative estimate of drug-likeness (QED) is 0.629. The molecule has 0 spiro atoms. The van der Waals surface area contributed by atoms with Crippen LogP contribution in [0.2, 0.25) is 0 Å². The molecule has 0 unspecified atom stereocenters. The van der Waals surface area contributed by atoms with E-state index in [0.717, 1.165) is 16.9 Å². The molecular weight excluding hydrogens is 258 g/mol. The van der Waals surface area contributed by atoms with Gasteiger partial charge in [0.25, 0.3) is 0 Å². The maximum atomic E-state index is 5.46. The summed E-state index contributed by atoms with van der Waals surface area (Å²) in [5.74, 6) is 0. The molecule has 0 saturated heterocycles. The first kappa shape index (κ1) is 12.8. The third-order valence-electron chi connectivity index (χ3n) is 2.84. The summed E-state index contributed by atoms with van der Waals surface area (Å²) >= 11 is 0. The molecule has 3 heterocycles. The smallest absolute Gasteiger partial charge is 0.181 e. The Kier molecular flexibility index (Phi) is 3.71. The van der Waals surface area contributed by atoms with Crippen molar-refractivity contribution in [2.24, 2.45) is 0 Å². The van der Waals surface area contributed by atoms with E-state index in [0.29, 0.717) is 19.8 Å². The van der Waals surface area contributed by atoms with Crippen molar-refractivity contribution < 1.29 is 9.47 Å². The van der Waals surface area contributed by atoms with E-state index in [1.165, 1.54) is 0 Å². The lowest BCUT2D eigenvalue weighted by atomic mass is 10.4. The minimum Gasteiger partial charge on any atom is -0.382 e. The van der Waals surface area contributed by atoms with Crippen molar-refractivity contribution in [3.05, 3.63) is 42.6 Å². The number of fused-ring (bicyclic) bond motifs is 1. The van der Waals surface area contributed by atoms with Gasteiger partial charge >= 0.3 is 0 Å². The molecule has 7 heteroatoms. The highest BCUT2D eigenvalue weighted by molar-refractivity contribution is 5.56. The second-order valence-corrected chi connectivity index (χ2v) is 4.26. The second-order valence-electron chi connectivity index (χ2n) is 4.26. The number of rotatable bonds is 6. The Balaban J connectivity index is 1.76. The van der Waals surface area contributed by atoms with Crippen molar-refractivity contribution in [1.29, 1.82) is 0 Å². The maximum absolute atomic E-state index is 5.46. The lowest BCUT2D eigenvalue weighted by Crippen LogP contribution is -2.01. The van der Waals surface area contributed by atoms with Crippen LogP contribution in [0.15, 0.2) is 37.1 Å². The fraction of sp³-hybridized carbons (Fsp3) is 0.308. The summed E-state index contributed by atoms with van der Waals surface area (Å²) in [5, 5.41) is 8.56. The predicted molar refractivity (Wildman–Crippen MR) is 71.6 cm³/mol. The van der Waals surface area contributed by atoms with Gasteiger partial charge in [0.1, 0.15) is 5.69 Å². The largest absolute Gasteiger partial charge is 0.382 e. The fourth-order valence-electron chi connectivity index (χ4n) is 1.87. The molecule has 20 heavy (non-hydrogen) atoms. The van der Waals surface area contributed by atoms with Crippen LogP contribution in [-0.4, -0.2) is 44.7 Å². The second kappa shape index (κ2) is 5.81. The summed E-state index contributed by atoms with van der Waals surface area (Å²) in [4.78, 5) is 4.31. The van der Waals surface area contributed by atoms with E-state index in [1.807, 2.05) is 18.5 Å². The number of ether oxygens (including phenoxy) is 2. The van der Waals surface area contributed by atoms with Gasteiger partial charge in [0.2, 0.25) is 0 Å². The molecule has 0 fully saturated rings. The Morgan fingerprint density at radius 1 is 1.20 bits per heavy atom. The Bertz CT molecular complexity index is 691. The maximum Gasteiger partial charge on any atom is 0.181 e. The van der Waals surface area contributed by atoms with E-state index in [4.69, 9.17) is 9.47 Å². The standard InChI is InChI=1S/C13H15N5O2/c1-19-5-6-20-10-11-7-15-18(9-11)12-8-16-17-4-2-3-14-13(12)17/h2-4,7-9H,5-6,10H2,1H3. The monoisotopic (exact) mass is 273 g/mol. The number of methoxy groups -OCH3 is 1. The zero-order valence-electron chi connectivity index (χ0n) is 11.1. The lowest BCUT2D eigenvalue weighted by Gasteiger charge is -2.00. The van der Waals surface area contributed by atoms with E-state index in [1.54, 1.807) is 34.9 Å². The number of aromatic nitrogens is 5. The van der Waals surface area contributed by atoms with Crippen LogP contribution < -0.4 is 0 Å². The van der Waals surface area contributed by atoms with Crippen molar-refractivity contribution in [3.8, 4) is 5.69 Å². The molecule has 3 rings (SSSR count). The first-order valence-corrected chi connectivity index (χ1v) is 6.27. The van der Waals surface area contributed by atoms with Gasteiger partial charge in [-0.1, -0.05) is 0 Å². The average Bonchev–Trinajstić information content (AvgIpc) is 3.10. The topological polar surface area (TPSA) is 66.5 Å². The van der Waals surface area contributed by atoms with Gasteiger partial charge in [0, 0.05) is 31.3 Å². The molecule has 104 valence electrons. The molecule has 3 aromatic heterocycles. The Morgan fingerprint density at radius 3 is 3.05 bits per heavy atom. The normalized spacial score (nSPS) is 11.2. The van der Waals surface area contributed by atoms with Gasteiger partial charge in [-0.2, -0.15) is 10.2 Å². The number of hydrogen-bond donors (Lipinski definition) is 0. The van der Waals surface area contributed by atoms with Crippen molar-refractivity contribution in [2.75, 3.05) is 20.3 Å². The van der Waals surface area contributed by atoms with Crippen molar-refractivity contribution in [2.45, 2.75) is 6.61 Å². The molecule has 0 aliphatic carbocycles. The third-order valence-corrected chi connectivity index (χ3v) is 2.84. The van der Waals surface area contributed by atoms with Gasteiger partial charge in [0.05, 0.1) is 32.2 Å². The first-order valence-electron chi connectivity index (χ1n) is 6.27. The van der Waals surface area contributed by atoms with Crippen LogP contribution >= 0.6 is 0 Å². The highest BCUT2D eigenvalue weighted by Crippen LogP contribution is 2.13. The van der Waals surface area contributed by atoms with Gasteiger partial charge in [-0.15, -0.1) is 0 Å². The lowest BCUT2D eigenvalue weighted by molar-refractivity contribution is 0.0616. The first-order chi connectivity index (χ1) is 9.88. The van der Waals surface area contributed by atoms with Crippen LogP contribution in [0.25, 0.3) is 11.3 Å². The highest BCUT2D eigenvalue weighted by Gasteiger charge is 2.08. The molecule has 0 amide bonds. The Labute approximate surface area is 115 Å². The fourth-order valence-corrected chi connectivity index (χ4v) is 1.87. The molecule has 0 saturated carbocycles. The van der Waals surface area contributed by atoms with Gasteiger partial charge < -0.3 is 9.47 Å². The summed E-state index contributed by atoms with van der Waals surface area (Å²) in [7, 11) is 1.65. The summed E-state index contributed by atoms with van der Waals surface area (Å²) in [6, 6.07) is 1.84. The van der Waals surface area contributed by atoms with Gasteiger partial charge in [-0.05, 0) is 6.07 Å². The molecule has 0 radical (unpaired) electrons. The van der Waals surface area contributed by atoms with Crippen LogP contribution in [0, 0.1) is 0 Å². The van der Waals surface area contributed by atoms with Gasteiger partial charge in [-0.3, -0.25) is 0 Å². The molecule has 0 aliphatic rings. The van der Waals surface area contributed by atoms with Crippen molar-refractivity contribution in [1.82, 2.24) is 24.4 Å². The predicted octanol–water partition coefficient (Wildman–Crippen LogP) is 1.08. The summed E-state index contributed by atoms with van der Waals surface area (Å²) in [6.07, 6.45) is 9.02. The summed E-state index contributed by atoms with van der Waals surface area (Å²) < 4.78 is 13.9. The highest BCUT2D eigenvalue weighted by atomic mass is 16.5. The van der Waals surface area contributed by atoms with Crippen molar-refractivity contribution >= 4 is 5.65 Å². The zero-order chi connectivity index (χ0) is 13.8. The minimum atomic E-state index is 0.510. The van der Waals surface area contributed by atoms with Crippen LogP contribution in [0.1, 0.15) is 5.56 Å². The molecule has 0 atom stereocenters. The van der Waals surface area contributed by atoms with Crippen LogP contribution in [-0.2, 0) is 16.1 Å².